The topological polar surface area (TPSA) is 57.5 Å². The lowest BCUT2D eigenvalue weighted by Crippen LogP contribution is -1.91. The number of carbonyl (C=O) groups is 1. The van der Waals surface area contributed by atoms with Gasteiger partial charge in [0.15, 0.2) is 0 Å². The first kappa shape index (κ1) is 12.5. The standard InChI is InChI=1S/C3H3Cl3.CH2O3/c1-2-3(4,5)6;2-1(3)4/h2H,1H2;(H2,2,3,4). The quantitative estimate of drug-likeness (QED) is 0.474. The van der Waals surface area contributed by atoms with Crippen LogP contribution in [0.25, 0.3) is 0 Å². The molecular weight excluding hydrogens is 202 g/mol. The van der Waals surface area contributed by atoms with Crippen molar-refractivity contribution < 1.29 is 15.0 Å². The summed E-state index contributed by atoms with van der Waals surface area (Å²) in [6.07, 6.45) is -0.600. The van der Waals surface area contributed by atoms with Crippen LogP contribution >= 0.6 is 34.8 Å². The number of hydrogen-bond donors (Lipinski definition) is 2. The van der Waals surface area contributed by atoms with Gasteiger partial charge in [0.05, 0.1) is 0 Å². The van der Waals surface area contributed by atoms with E-state index < -0.39 is 9.95 Å². The predicted octanol–water partition coefficient (Wildman–Crippen LogP) is 2.76. The summed E-state index contributed by atoms with van der Waals surface area (Å²) >= 11 is 15.4. The molecule has 0 unspecified atom stereocenters. The zero-order chi connectivity index (χ0) is 8.78. The van der Waals surface area contributed by atoms with Gasteiger partial charge in [0.1, 0.15) is 0 Å². The number of allylic oxidation sites excluding steroid dienone is 1. The number of alkyl halides is 3. The molecule has 0 aliphatic rings. The van der Waals surface area contributed by atoms with Crippen molar-refractivity contribution in [3.05, 3.63) is 12.7 Å². The summed E-state index contributed by atoms with van der Waals surface area (Å²) in [6.45, 7) is 3.24. The number of carboxylic acid groups (broad SMARTS) is 2. The summed E-state index contributed by atoms with van der Waals surface area (Å²) in [7, 11) is 0. The van der Waals surface area contributed by atoms with Gasteiger partial charge in [-0.1, -0.05) is 41.4 Å². The maximum absolute atomic E-state index is 8.56. The molecule has 0 heterocycles. The van der Waals surface area contributed by atoms with Gasteiger partial charge in [0.25, 0.3) is 0 Å². The Labute approximate surface area is 72.8 Å². The highest BCUT2D eigenvalue weighted by molar-refractivity contribution is 6.68. The van der Waals surface area contributed by atoms with Crippen LogP contribution in [0.1, 0.15) is 0 Å². The van der Waals surface area contributed by atoms with Crippen molar-refractivity contribution in [1.29, 1.82) is 0 Å². The van der Waals surface area contributed by atoms with Gasteiger partial charge >= 0.3 is 6.16 Å². The van der Waals surface area contributed by atoms with E-state index in [4.69, 9.17) is 49.8 Å². The summed E-state index contributed by atoms with van der Waals surface area (Å²) < 4.78 is -1.28. The van der Waals surface area contributed by atoms with Crippen LogP contribution in [0.3, 0.4) is 0 Å². The van der Waals surface area contributed by atoms with Crippen LogP contribution in [-0.2, 0) is 0 Å². The molecule has 10 heavy (non-hydrogen) atoms. The fourth-order valence-corrected chi connectivity index (χ4v) is 0. The van der Waals surface area contributed by atoms with Gasteiger partial charge in [0, 0.05) is 0 Å². The minimum Gasteiger partial charge on any atom is -0.450 e. The minimum absolute atomic E-state index is 1.23. The van der Waals surface area contributed by atoms with Crippen LogP contribution < -0.4 is 0 Å². The molecule has 0 spiro atoms. The lowest BCUT2D eigenvalue weighted by molar-refractivity contribution is 0.137. The monoisotopic (exact) mass is 206 g/mol. The van der Waals surface area contributed by atoms with Crippen molar-refractivity contribution in [2.45, 2.75) is 3.79 Å². The van der Waals surface area contributed by atoms with E-state index in [2.05, 4.69) is 6.58 Å². The highest BCUT2D eigenvalue weighted by atomic mass is 35.6. The first-order chi connectivity index (χ1) is 4.29. The molecule has 0 saturated heterocycles. The molecule has 0 aromatic heterocycles. The average molecular weight is 207 g/mol. The Morgan fingerprint density at radius 1 is 1.40 bits per heavy atom. The van der Waals surface area contributed by atoms with E-state index in [1.165, 1.54) is 6.08 Å². The van der Waals surface area contributed by atoms with E-state index in [-0.39, 0.29) is 0 Å². The fourth-order valence-electron chi connectivity index (χ4n) is 0. The molecule has 0 rings (SSSR count). The van der Waals surface area contributed by atoms with E-state index >= 15 is 0 Å². The average Bonchev–Trinajstić information content (AvgIpc) is 1.63. The zero-order valence-corrected chi connectivity index (χ0v) is 6.99. The molecule has 0 amide bonds. The third-order valence-corrected chi connectivity index (χ3v) is 0.694. The van der Waals surface area contributed by atoms with E-state index in [1.807, 2.05) is 0 Å². The maximum atomic E-state index is 8.56. The Balaban J connectivity index is 0. The smallest absolute Gasteiger partial charge is 0.450 e. The Hall–Kier alpha value is -0.120. The van der Waals surface area contributed by atoms with E-state index in [0.29, 0.717) is 0 Å². The molecule has 0 fully saturated rings. The normalized spacial score (nSPS) is 9.10. The lowest BCUT2D eigenvalue weighted by Gasteiger charge is -1.97. The lowest BCUT2D eigenvalue weighted by atomic mass is 10.7. The third kappa shape index (κ3) is 45.0. The summed E-state index contributed by atoms with van der Waals surface area (Å²) in [4.78, 5) is 8.56. The Bertz CT molecular complexity index is 113. The van der Waals surface area contributed by atoms with Gasteiger partial charge in [-0.2, -0.15) is 0 Å². The van der Waals surface area contributed by atoms with E-state index in [9.17, 15) is 0 Å². The van der Waals surface area contributed by atoms with Gasteiger partial charge in [-0.15, -0.1) is 0 Å². The molecule has 0 aromatic carbocycles. The largest absolute Gasteiger partial charge is 0.503 e. The molecule has 2 N–H and O–H groups in total. The number of halogens is 3. The van der Waals surface area contributed by atoms with Crippen LogP contribution in [0, 0.1) is 0 Å². The zero-order valence-electron chi connectivity index (χ0n) is 4.72. The van der Waals surface area contributed by atoms with E-state index in [1.54, 1.807) is 0 Å². The van der Waals surface area contributed by atoms with Crippen molar-refractivity contribution in [1.82, 2.24) is 0 Å². The highest BCUT2D eigenvalue weighted by Crippen LogP contribution is 2.25. The summed E-state index contributed by atoms with van der Waals surface area (Å²) in [5, 5.41) is 13.9. The molecule has 3 nitrogen and oxygen atoms in total. The molecule has 6 heteroatoms. The first-order valence-corrected chi connectivity index (χ1v) is 3.05. The fraction of sp³-hybridized carbons (Fsp3) is 0.250. The van der Waals surface area contributed by atoms with Crippen LogP contribution in [0.15, 0.2) is 12.7 Å². The maximum Gasteiger partial charge on any atom is 0.503 e. The predicted molar refractivity (Wildman–Crippen MR) is 41.1 cm³/mol. The second-order valence-electron chi connectivity index (χ2n) is 1.03. The van der Waals surface area contributed by atoms with Gasteiger partial charge in [-0.25, -0.2) is 4.79 Å². The molecule has 0 radical (unpaired) electrons. The van der Waals surface area contributed by atoms with Crippen molar-refractivity contribution in [3.8, 4) is 0 Å². The van der Waals surface area contributed by atoms with Gasteiger partial charge in [-0.3, -0.25) is 0 Å². The molecule has 0 atom stereocenters. The molecular formula is C4H5Cl3O3. The van der Waals surface area contributed by atoms with Crippen LogP contribution in [0.5, 0.6) is 0 Å². The third-order valence-electron chi connectivity index (χ3n) is 0.231. The van der Waals surface area contributed by atoms with Crippen molar-refractivity contribution in [2.75, 3.05) is 0 Å². The van der Waals surface area contributed by atoms with Gasteiger partial charge in [-0.05, 0) is 6.08 Å². The molecule has 0 saturated carbocycles. The second kappa shape index (κ2) is 5.65. The van der Waals surface area contributed by atoms with Crippen molar-refractivity contribution >= 4 is 41.0 Å². The second-order valence-corrected chi connectivity index (χ2v) is 3.40. The van der Waals surface area contributed by atoms with Gasteiger partial charge in [0.2, 0.25) is 3.79 Å². The van der Waals surface area contributed by atoms with Crippen LogP contribution in [0.2, 0.25) is 0 Å². The molecule has 0 aliphatic carbocycles. The molecule has 0 aliphatic heterocycles. The summed E-state index contributed by atoms with van der Waals surface area (Å²) in [5.41, 5.74) is 0. The first-order valence-electron chi connectivity index (χ1n) is 1.92. The SMILES string of the molecule is C=CC(Cl)(Cl)Cl.O=C(O)O. The number of hydrogen-bond acceptors (Lipinski definition) is 1. The minimum atomic E-state index is -1.83. The highest BCUT2D eigenvalue weighted by Gasteiger charge is 2.11. The Morgan fingerprint density at radius 3 is 1.50 bits per heavy atom. The molecule has 0 aromatic rings. The summed E-state index contributed by atoms with van der Waals surface area (Å²) in [6, 6.07) is 0. The van der Waals surface area contributed by atoms with Crippen molar-refractivity contribution in [3.63, 3.8) is 0 Å². The Kier molecular flexibility index (Phi) is 7.09. The van der Waals surface area contributed by atoms with Crippen LogP contribution in [0.4, 0.5) is 4.79 Å². The summed E-state index contributed by atoms with van der Waals surface area (Å²) in [5.74, 6) is 0. The van der Waals surface area contributed by atoms with E-state index in [0.717, 1.165) is 0 Å². The molecule has 60 valence electrons. The van der Waals surface area contributed by atoms with Crippen LogP contribution in [-0.4, -0.2) is 20.2 Å². The Morgan fingerprint density at radius 2 is 1.50 bits per heavy atom. The van der Waals surface area contributed by atoms with Gasteiger partial charge < -0.3 is 10.2 Å². The number of rotatable bonds is 0. The molecule has 0 bridgehead atoms. The van der Waals surface area contributed by atoms with Crippen molar-refractivity contribution in [2.24, 2.45) is 0 Å².